The first kappa shape index (κ1) is 23.5. The quantitative estimate of drug-likeness (QED) is 0.370. The molecule has 3 aromatic carbocycles. The summed E-state index contributed by atoms with van der Waals surface area (Å²) in [7, 11) is 0. The molecule has 180 valence electrons. The van der Waals surface area contributed by atoms with Crippen molar-refractivity contribution in [2.45, 2.75) is 38.4 Å². The van der Waals surface area contributed by atoms with E-state index in [2.05, 4.69) is 51.3 Å². The van der Waals surface area contributed by atoms with Crippen LogP contribution in [0.5, 0.6) is 0 Å². The second-order valence-electron chi connectivity index (χ2n) is 9.03. The first-order valence-electron chi connectivity index (χ1n) is 12.2. The number of carbonyl (C=O) groups is 1. The highest BCUT2D eigenvalue weighted by Crippen LogP contribution is 2.35. The van der Waals surface area contributed by atoms with Gasteiger partial charge in [0.25, 0.3) is 0 Å². The van der Waals surface area contributed by atoms with Crippen molar-refractivity contribution in [1.82, 2.24) is 14.9 Å². The van der Waals surface area contributed by atoms with Gasteiger partial charge in [-0.2, -0.15) is 5.26 Å². The molecule has 5 rings (SSSR count). The SMILES string of the molecule is CCOC(=O)C1Cc2ccc(-c3ccccc3)cc2CN1C(Cc1ccc(C#N)cc1)c1cnc[nH]1. The zero-order chi connectivity index (χ0) is 24.9. The number of rotatable bonds is 7. The van der Waals surface area contributed by atoms with Gasteiger partial charge >= 0.3 is 5.97 Å². The molecule has 0 saturated heterocycles. The van der Waals surface area contributed by atoms with E-state index < -0.39 is 6.04 Å². The van der Waals surface area contributed by atoms with Gasteiger partial charge in [0.2, 0.25) is 0 Å². The molecule has 36 heavy (non-hydrogen) atoms. The number of fused-ring (bicyclic) bond motifs is 1. The zero-order valence-electron chi connectivity index (χ0n) is 20.2. The van der Waals surface area contributed by atoms with Crippen LogP contribution in [0.3, 0.4) is 0 Å². The number of benzene rings is 3. The van der Waals surface area contributed by atoms with Gasteiger partial charge in [0.15, 0.2) is 0 Å². The van der Waals surface area contributed by atoms with Crippen LogP contribution in [0, 0.1) is 11.3 Å². The fourth-order valence-electron chi connectivity index (χ4n) is 4.99. The van der Waals surface area contributed by atoms with Crippen molar-refractivity contribution in [2.75, 3.05) is 6.61 Å². The first-order valence-corrected chi connectivity index (χ1v) is 12.2. The Morgan fingerprint density at radius 1 is 1.11 bits per heavy atom. The minimum absolute atomic E-state index is 0.122. The van der Waals surface area contributed by atoms with E-state index in [1.807, 2.05) is 55.6 Å². The highest BCUT2D eigenvalue weighted by molar-refractivity contribution is 5.77. The predicted octanol–water partition coefficient (Wildman–Crippen LogP) is 5.22. The lowest BCUT2D eigenvalue weighted by Gasteiger charge is -2.40. The highest BCUT2D eigenvalue weighted by Gasteiger charge is 2.38. The summed E-state index contributed by atoms with van der Waals surface area (Å²) in [5.74, 6) is -0.209. The molecule has 1 aliphatic rings. The largest absolute Gasteiger partial charge is 0.465 e. The van der Waals surface area contributed by atoms with Crippen molar-refractivity contribution in [3.05, 3.63) is 113 Å². The number of nitrogens with zero attached hydrogens (tertiary/aromatic N) is 3. The third-order valence-corrected chi connectivity index (χ3v) is 6.83. The minimum atomic E-state index is -0.410. The number of nitrogens with one attached hydrogen (secondary N) is 1. The van der Waals surface area contributed by atoms with Crippen molar-refractivity contribution >= 4 is 5.97 Å². The number of carbonyl (C=O) groups excluding carboxylic acids is 1. The smallest absolute Gasteiger partial charge is 0.323 e. The predicted molar refractivity (Wildman–Crippen MR) is 138 cm³/mol. The van der Waals surface area contributed by atoms with E-state index in [0.717, 1.165) is 16.8 Å². The van der Waals surface area contributed by atoms with E-state index in [1.54, 1.807) is 6.33 Å². The molecule has 0 fully saturated rings. The number of hydrogen-bond acceptors (Lipinski definition) is 5. The molecule has 0 saturated carbocycles. The van der Waals surface area contributed by atoms with Gasteiger partial charge in [-0.3, -0.25) is 9.69 Å². The van der Waals surface area contributed by atoms with Crippen molar-refractivity contribution in [3.63, 3.8) is 0 Å². The summed E-state index contributed by atoms with van der Waals surface area (Å²) in [5.41, 5.74) is 7.36. The van der Waals surface area contributed by atoms with Crippen LogP contribution in [0.15, 0.2) is 85.3 Å². The van der Waals surface area contributed by atoms with Gasteiger partial charge in [-0.15, -0.1) is 0 Å². The molecule has 0 radical (unpaired) electrons. The van der Waals surface area contributed by atoms with Crippen molar-refractivity contribution in [2.24, 2.45) is 0 Å². The molecule has 1 N–H and O–H groups in total. The Morgan fingerprint density at radius 2 is 1.92 bits per heavy atom. The number of aromatic nitrogens is 2. The molecular formula is C30H28N4O2. The maximum absolute atomic E-state index is 13.2. The molecule has 2 atom stereocenters. The normalized spacial score (nSPS) is 16.1. The Bertz CT molecular complexity index is 1360. The Morgan fingerprint density at radius 3 is 2.61 bits per heavy atom. The maximum atomic E-state index is 13.2. The van der Waals surface area contributed by atoms with E-state index in [9.17, 15) is 10.1 Å². The number of aromatic amines is 1. The summed E-state index contributed by atoms with van der Waals surface area (Å²) < 4.78 is 5.53. The fraction of sp³-hybridized carbons (Fsp3) is 0.233. The van der Waals surface area contributed by atoms with Crippen LogP contribution in [-0.2, 0) is 28.9 Å². The van der Waals surface area contributed by atoms with Gasteiger partial charge in [-0.25, -0.2) is 4.98 Å². The lowest BCUT2D eigenvalue weighted by molar-refractivity contribution is -0.151. The standard InChI is InChI=1S/C30H28N4O2/c1-2-36-30(35)29-16-25-13-12-24(23-6-4-3-5-7-23)15-26(25)19-34(29)28(27-18-32-20-33-27)14-21-8-10-22(17-31)11-9-21/h3-13,15,18,20,28-29H,2,14,16,19H2,1H3,(H,32,33). The van der Waals surface area contributed by atoms with E-state index in [0.29, 0.717) is 31.6 Å². The van der Waals surface area contributed by atoms with Crippen molar-refractivity contribution in [3.8, 4) is 17.2 Å². The van der Waals surface area contributed by atoms with Crippen molar-refractivity contribution in [1.29, 1.82) is 5.26 Å². The number of H-pyrrole nitrogens is 1. The van der Waals surface area contributed by atoms with Gasteiger partial charge in [0.1, 0.15) is 6.04 Å². The minimum Gasteiger partial charge on any atom is -0.465 e. The molecule has 0 bridgehead atoms. The van der Waals surface area contributed by atoms with E-state index in [1.165, 1.54) is 16.7 Å². The average Bonchev–Trinajstić information content (AvgIpc) is 3.46. The second kappa shape index (κ2) is 10.6. The monoisotopic (exact) mass is 476 g/mol. The molecule has 0 spiro atoms. The summed E-state index contributed by atoms with van der Waals surface area (Å²) in [6.07, 6.45) is 4.75. The summed E-state index contributed by atoms with van der Waals surface area (Å²) >= 11 is 0. The van der Waals surface area contributed by atoms with Gasteiger partial charge in [0, 0.05) is 12.7 Å². The fourth-order valence-corrected chi connectivity index (χ4v) is 4.99. The van der Waals surface area contributed by atoms with Crippen molar-refractivity contribution < 1.29 is 9.53 Å². The number of esters is 1. The second-order valence-corrected chi connectivity index (χ2v) is 9.03. The lowest BCUT2D eigenvalue weighted by Crippen LogP contribution is -2.48. The molecule has 6 nitrogen and oxygen atoms in total. The maximum Gasteiger partial charge on any atom is 0.323 e. The van der Waals surface area contributed by atoms with Crippen LogP contribution in [0.2, 0.25) is 0 Å². The van der Waals surface area contributed by atoms with Crippen LogP contribution in [0.25, 0.3) is 11.1 Å². The Labute approximate surface area is 211 Å². The van der Waals surface area contributed by atoms with Crippen LogP contribution in [0.1, 0.15) is 40.9 Å². The molecule has 0 aliphatic carbocycles. The molecule has 4 aromatic rings. The van der Waals surface area contributed by atoms with E-state index >= 15 is 0 Å². The first-order chi connectivity index (χ1) is 17.7. The summed E-state index contributed by atoms with van der Waals surface area (Å²) in [6, 6.07) is 26.1. The molecule has 6 heteroatoms. The Balaban J connectivity index is 1.53. The number of hydrogen-bond donors (Lipinski definition) is 1. The van der Waals surface area contributed by atoms with Crippen LogP contribution in [0.4, 0.5) is 0 Å². The van der Waals surface area contributed by atoms with Crippen LogP contribution < -0.4 is 0 Å². The zero-order valence-corrected chi connectivity index (χ0v) is 20.2. The lowest BCUT2D eigenvalue weighted by atomic mass is 9.88. The van der Waals surface area contributed by atoms with E-state index in [-0.39, 0.29) is 12.0 Å². The number of ether oxygens (including phenoxy) is 1. The van der Waals surface area contributed by atoms with E-state index in [4.69, 9.17) is 4.74 Å². The Kier molecular flexibility index (Phi) is 6.92. The molecule has 2 unspecified atom stereocenters. The third-order valence-electron chi connectivity index (χ3n) is 6.83. The van der Waals surface area contributed by atoms with Gasteiger partial charge in [0.05, 0.1) is 36.3 Å². The summed E-state index contributed by atoms with van der Waals surface area (Å²) in [4.78, 5) is 23.0. The molecule has 2 heterocycles. The average molecular weight is 477 g/mol. The Hall–Kier alpha value is -4.21. The summed E-state index contributed by atoms with van der Waals surface area (Å²) in [5, 5.41) is 9.19. The topological polar surface area (TPSA) is 82.0 Å². The van der Waals surface area contributed by atoms with Gasteiger partial charge < -0.3 is 9.72 Å². The molecule has 0 amide bonds. The van der Waals surface area contributed by atoms with Gasteiger partial charge in [-0.05, 0) is 65.8 Å². The molecule has 1 aliphatic heterocycles. The van der Waals surface area contributed by atoms with Gasteiger partial charge in [-0.1, -0.05) is 54.6 Å². The van der Waals surface area contributed by atoms with Crippen LogP contribution >= 0.6 is 0 Å². The third kappa shape index (κ3) is 4.93. The number of nitriles is 1. The molecule has 1 aromatic heterocycles. The molecular weight excluding hydrogens is 448 g/mol. The number of imidazole rings is 1. The van der Waals surface area contributed by atoms with Crippen LogP contribution in [-0.4, -0.2) is 33.5 Å². The summed E-state index contributed by atoms with van der Waals surface area (Å²) in [6.45, 7) is 2.79. The highest BCUT2D eigenvalue weighted by atomic mass is 16.5.